The predicted octanol–water partition coefficient (Wildman–Crippen LogP) is 1.64. The standard InChI is InChI=1S/C14H21NO6S/c1-2-3-4-9-15-13(14(16)17)10-11-5-7-12(8-6-11)21-22(18,19)20/h5-8,13,15H,2-4,9-10H2,1H3,(H,16,17)(H,18,19,20)/t13-/m0/s1. The molecular weight excluding hydrogens is 310 g/mol. The van der Waals surface area contributed by atoms with Gasteiger partial charge in [-0.25, -0.2) is 0 Å². The van der Waals surface area contributed by atoms with E-state index in [9.17, 15) is 18.3 Å². The van der Waals surface area contributed by atoms with Gasteiger partial charge in [-0.2, -0.15) is 8.42 Å². The van der Waals surface area contributed by atoms with Gasteiger partial charge in [0.15, 0.2) is 0 Å². The average Bonchev–Trinajstić information content (AvgIpc) is 2.42. The molecule has 0 amide bonds. The van der Waals surface area contributed by atoms with Crippen molar-refractivity contribution in [1.29, 1.82) is 0 Å². The minimum Gasteiger partial charge on any atom is -0.480 e. The molecule has 1 rings (SSSR count). The molecule has 0 spiro atoms. The van der Waals surface area contributed by atoms with Crippen molar-refractivity contribution in [2.45, 2.75) is 38.6 Å². The summed E-state index contributed by atoms with van der Waals surface area (Å²) in [5.41, 5.74) is 0.720. The zero-order valence-electron chi connectivity index (χ0n) is 12.4. The van der Waals surface area contributed by atoms with Crippen molar-refractivity contribution in [3.63, 3.8) is 0 Å². The third-order valence-electron chi connectivity index (χ3n) is 3.03. The monoisotopic (exact) mass is 331 g/mol. The maximum atomic E-state index is 11.2. The normalized spacial score (nSPS) is 12.8. The quantitative estimate of drug-likeness (QED) is 0.441. The van der Waals surface area contributed by atoms with Gasteiger partial charge in [-0.1, -0.05) is 31.9 Å². The van der Waals surface area contributed by atoms with E-state index >= 15 is 0 Å². The average molecular weight is 331 g/mol. The van der Waals surface area contributed by atoms with Crippen LogP contribution in [0.4, 0.5) is 0 Å². The van der Waals surface area contributed by atoms with E-state index in [1.54, 1.807) is 12.1 Å². The van der Waals surface area contributed by atoms with Crippen LogP contribution in [0.5, 0.6) is 5.75 Å². The van der Waals surface area contributed by atoms with Crippen LogP contribution < -0.4 is 9.50 Å². The van der Waals surface area contributed by atoms with Crippen LogP contribution in [-0.2, 0) is 21.6 Å². The molecule has 0 aliphatic rings. The molecule has 7 nitrogen and oxygen atoms in total. The van der Waals surface area contributed by atoms with Crippen molar-refractivity contribution >= 4 is 16.4 Å². The minimum atomic E-state index is -4.55. The Bertz CT molecular complexity index is 570. The second-order valence-electron chi connectivity index (χ2n) is 4.91. The van der Waals surface area contributed by atoms with E-state index in [4.69, 9.17) is 4.55 Å². The molecule has 0 fully saturated rings. The summed E-state index contributed by atoms with van der Waals surface area (Å²) >= 11 is 0. The van der Waals surface area contributed by atoms with E-state index in [2.05, 4.69) is 16.4 Å². The van der Waals surface area contributed by atoms with Gasteiger partial charge in [-0.05, 0) is 37.1 Å². The van der Waals surface area contributed by atoms with Crippen LogP contribution in [-0.4, -0.2) is 36.6 Å². The molecule has 124 valence electrons. The van der Waals surface area contributed by atoms with E-state index in [-0.39, 0.29) is 12.2 Å². The highest BCUT2D eigenvalue weighted by Gasteiger charge is 2.17. The van der Waals surface area contributed by atoms with Crippen LogP contribution in [0.1, 0.15) is 31.7 Å². The number of rotatable bonds is 10. The van der Waals surface area contributed by atoms with Crippen LogP contribution in [0, 0.1) is 0 Å². The Morgan fingerprint density at radius 2 is 1.91 bits per heavy atom. The predicted molar refractivity (Wildman–Crippen MR) is 81.3 cm³/mol. The van der Waals surface area contributed by atoms with Gasteiger partial charge in [0.25, 0.3) is 0 Å². The van der Waals surface area contributed by atoms with Crippen LogP contribution in [0.2, 0.25) is 0 Å². The van der Waals surface area contributed by atoms with Crippen molar-refractivity contribution in [1.82, 2.24) is 5.32 Å². The largest absolute Gasteiger partial charge is 0.480 e. The molecule has 0 aliphatic heterocycles. The van der Waals surface area contributed by atoms with Gasteiger partial charge in [0, 0.05) is 0 Å². The van der Waals surface area contributed by atoms with Crippen LogP contribution in [0.15, 0.2) is 24.3 Å². The minimum absolute atomic E-state index is 0.0333. The van der Waals surface area contributed by atoms with Crippen molar-refractivity contribution in [3.8, 4) is 5.75 Å². The first-order valence-electron chi connectivity index (χ1n) is 7.04. The maximum Gasteiger partial charge on any atom is 0.446 e. The van der Waals surface area contributed by atoms with Gasteiger partial charge < -0.3 is 14.6 Å². The molecule has 22 heavy (non-hydrogen) atoms. The number of benzene rings is 1. The Kier molecular flexibility index (Phi) is 7.30. The second kappa shape index (κ2) is 8.72. The Morgan fingerprint density at radius 3 is 2.41 bits per heavy atom. The van der Waals surface area contributed by atoms with E-state index < -0.39 is 22.4 Å². The number of hydrogen-bond donors (Lipinski definition) is 3. The highest BCUT2D eigenvalue weighted by molar-refractivity contribution is 7.81. The Morgan fingerprint density at radius 1 is 1.27 bits per heavy atom. The summed E-state index contributed by atoms with van der Waals surface area (Å²) in [7, 11) is -4.55. The summed E-state index contributed by atoms with van der Waals surface area (Å²) in [6.45, 7) is 2.71. The van der Waals surface area contributed by atoms with Crippen molar-refractivity contribution in [2.24, 2.45) is 0 Å². The van der Waals surface area contributed by atoms with Gasteiger partial charge in [-0.15, -0.1) is 0 Å². The molecule has 0 aromatic heterocycles. The first-order valence-corrected chi connectivity index (χ1v) is 8.40. The Labute approximate surface area is 130 Å². The highest BCUT2D eigenvalue weighted by atomic mass is 32.3. The fourth-order valence-corrected chi connectivity index (χ4v) is 2.29. The molecule has 0 unspecified atom stereocenters. The van der Waals surface area contributed by atoms with E-state index in [1.165, 1.54) is 12.1 Å². The molecule has 0 aliphatic carbocycles. The number of carboxylic acid groups (broad SMARTS) is 1. The molecule has 3 N–H and O–H groups in total. The number of nitrogens with one attached hydrogen (secondary N) is 1. The SMILES string of the molecule is CCCCCN[C@@H](Cc1ccc(OS(=O)(=O)O)cc1)C(=O)O. The van der Waals surface area contributed by atoms with Gasteiger partial charge in [0.05, 0.1) is 0 Å². The fraction of sp³-hybridized carbons (Fsp3) is 0.500. The summed E-state index contributed by atoms with van der Waals surface area (Å²) in [6.07, 6.45) is 3.30. The van der Waals surface area contributed by atoms with Gasteiger partial charge in [-0.3, -0.25) is 9.35 Å². The molecular formula is C14H21NO6S. The van der Waals surface area contributed by atoms with E-state index in [0.717, 1.165) is 24.8 Å². The van der Waals surface area contributed by atoms with Crippen LogP contribution in [0.3, 0.4) is 0 Å². The molecule has 1 atom stereocenters. The summed E-state index contributed by atoms with van der Waals surface area (Å²) in [5, 5.41) is 12.2. The molecule has 1 aromatic rings. The zero-order valence-corrected chi connectivity index (χ0v) is 13.2. The third kappa shape index (κ3) is 7.39. The van der Waals surface area contributed by atoms with E-state index in [0.29, 0.717) is 6.54 Å². The molecule has 0 saturated heterocycles. The first-order chi connectivity index (χ1) is 10.3. The summed E-state index contributed by atoms with van der Waals surface area (Å²) in [4.78, 5) is 11.2. The number of carbonyl (C=O) groups is 1. The Hall–Kier alpha value is -1.64. The first kappa shape index (κ1) is 18.4. The molecule has 0 saturated carbocycles. The number of carboxylic acids is 1. The zero-order chi connectivity index (χ0) is 16.6. The second-order valence-corrected chi connectivity index (χ2v) is 5.93. The molecule has 0 radical (unpaired) electrons. The highest BCUT2D eigenvalue weighted by Crippen LogP contribution is 2.15. The molecule has 1 aromatic carbocycles. The van der Waals surface area contributed by atoms with Crippen LogP contribution >= 0.6 is 0 Å². The summed E-state index contributed by atoms with van der Waals surface area (Å²) < 4.78 is 34.0. The van der Waals surface area contributed by atoms with Crippen molar-refractivity contribution < 1.29 is 27.1 Å². The topological polar surface area (TPSA) is 113 Å². The van der Waals surface area contributed by atoms with Crippen molar-refractivity contribution in [2.75, 3.05) is 6.54 Å². The maximum absolute atomic E-state index is 11.2. The molecule has 0 heterocycles. The van der Waals surface area contributed by atoms with Gasteiger partial charge >= 0.3 is 16.4 Å². The summed E-state index contributed by atoms with van der Waals surface area (Å²) in [5.74, 6) is -0.969. The lowest BCUT2D eigenvalue weighted by Gasteiger charge is -2.14. The van der Waals surface area contributed by atoms with Gasteiger partial charge in [0.2, 0.25) is 0 Å². The van der Waals surface area contributed by atoms with Gasteiger partial charge in [0.1, 0.15) is 11.8 Å². The lowest BCUT2D eigenvalue weighted by atomic mass is 10.1. The van der Waals surface area contributed by atoms with Crippen molar-refractivity contribution in [3.05, 3.63) is 29.8 Å². The number of aliphatic carboxylic acids is 1. The molecule has 8 heteroatoms. The number of unbranched alkanes of at least 4 members (excludes halogenated alkanes) is 2. The summed E-state index contributed by atoms with van der Waals surface area (Å²) in [6, 6.07) is 5.14. The van der Waals surface area contributed by atoms with Crippen LogP contribution in [0.25, 0.3) is 0 Å². The lowest BCUT2D eigenvalue weighted by molar-refractivity contribution is -0.139. The number of hydrogen-bond acceptors (Lipinski definition) is 5. The third-order valence-corrected chi connectivity index (χ3v) is 3.44. The van der Waals surface area contributed by atoms with E-state index in [1.807, 2.05) is 0 Å². The lowest BCUT2D eigenvalue weighted by Crippen LogP contribution is -2.39. The smallest absolute Gasteiger partial charge is 0.446 e. The Balaban J connectivity index is 2.60. The fourth-order valence-electron chi connectivity index (χ4n) is 1.94. The molecule has 0 bridgehead atoms.